The van der Waals surface area contributed by atoms with E-state index in [0.29, 0.717) is 24.6 Å². The molecule has 2 aromatic heterocycles. The Hall–Kier alpha value is -1.87. The van der Waals surface area contributed by atoms with Crippen LogP contribution in [0, 0.1) is 0 Å². The van der Waals surface area contributed by atoms with E-state index in [1.165, 1.54) is 0 Å². The van der Waals surface area contributed by atoms with Crippen molar-refractivity contribution in [3.63, 3.8) is 0 Å². The number of rotatable bonds is 8. The molecule has 7 nitrogen and oxygen atoms in total. The quantitative estimate of drug-likeness (QED) is 0.698. The van der Waals surface area contributed by atoms with Gasteiger partial charge < -0.3 is 20.0 Å². The second kappa shape index (κ2) is 7.06. The average molecular weight is 287 g/mol. The standard InChI is InChI=1S/C11H15F2N5O2/c12-9(13)5-19-2-1-10-17-11(20-18-10)8(14)3-7-4-15-6-16-7/h4,6,8-9H,1-3,5,14H2,(H,15,16). The lowest BCUT2D eigenvalue weighted by atomic mass is 10.2. The lowest BCUT2D eigenvalue weighted by Crippen LogP contribution is -2.14. The molecular weight excluding hydrogens is 272 g/mol. The normalized spacial score (nSPS) is 13.0. The molecule has 110 valence electrons. The number of hydrogen-bond acceptors (Lipinski definition) is 6. The highest BCUT2D eigenvalue weighted by atomic mass is 19.3. The molecule has 2 rings (SSSR count). The van der Waals surface area contributed by atoms with Crippen molar-refractivity contribution in [3.05, 3.63) is 29.9 Å². The van der Waals surface area contributed by atoms with E-state index in [0.717, 1.165) is 5.69 Å². The number of aromatic amines is 1. The average Bonchev–Trinajstić information content (AvgIpc) is 3.05. The van der Waals surface area contributed by atoms with E-state index in [4.69, 9.17) is 15.0 Å². The Morgan fingerprint density at radius 1 is 1.45 bits per heavy atom. The molecular formula is C11H15F2N5O2. The van der Waals surface area contributed by atoms with Crippen LogP contribution in [-0.4, -0.2) is 39.7 Å². The fraction of sp³-hybridized carbons (Fsp3) is 0.545. The van der Waals surface area contributed by atoms with Crippen molar-refractivity contribution < 1.29 is 18.0 Å². The Kier molecular flexibility index (Phi) is 5.13. The molecule has 0 spiro atoms. The molecule has 0 aliphatic rings. The molecule has 0 bridgehead atoms. The van der Waals surface area contributed by atoms with Gasteiger partial charge in [-0.1, -0.05) is 5.16 Å². The number of imidazole rings is 1. The van der Waals surface area contributed by atoms with Crippen molar-refractivity contribution in [1.82, 2.24) is 20.1 Å². The first-order chi connectivity index (χ1) is 9.65. The summed E-state index contributed by atoms with van der Waals surface area (Å²) in [5.41, 5.74) is 6.78. The fourth-order valence-electron chi connectivity index (χ4n) is 1.58. The van der Waals surface area contributed by atoms with Crippen LogP contribution in [0.2, 0.25) is 0 Å². The van der Waals surface area contributed by atoms with E-state index in [-0.39, 0.29) is 6.61 Å². The van der Waals surface area contributed by atoms with Gasteiger partial charge in [0.1, 0.15) is 6.61 Å². The van der Waals surface area contributed by atoms with Crippen molar-refractivity contribution in [2.45, 2.75) is 25.3 Å². The fourth-order valence-corrected chi connectivity index (χ4v) is 1.58. The van der Waals surface area contributed by atoms with Gasteiger partial charge in [-0.2, -0.15) is 4.98 Å². The van der Waals surface area contributed by atoms with Gasteiger partial charge in [0.15, 0.2) is 5.82 Å². The maximum Gasteiger partial charge on any atom is 0.261 e. The predicted molar refractivity (Wildman–Crippen MR) is 64.0 cm³/mol. The van der Waals surface area contributed by atoms with Crippen molar-refractivity contribution in [3.8, 4) is 0 Å². The van der Waals surface area contributed by atoms with E-state index >= 15 is 0 Å². The number of aromatic nitrogens is 4. The molecule has 1 atom stereocenters. The molecule has 0 fully saturated rings. The van der Waals surface area contributed by atoms with Gasteiger partial charge >= 0.3 is 0 Å². The number of nitrogens with one attached hydrogen (secondary N) is 1. The monoisotopic (exact) mass is 287 g/mol. The van der Waals surface area contributed by atoms with Crippen molar-refractivity contribution >= 4 is 0 Å². The number of halogens is 2. The van der Waals surface area contributed by atoms with Crippen molar-refractivity contribution in [2.75, 3.05) is 13.2 Å². The number of nitrogens with zero attached hydrogens (tertiary/aromatic N) is 3. The lowest BCUT2D eigenvalue weighted by molar-refractivity contribution is 0.0182. The molecule has 0 radical (unpaired) electrons. The molecule has 0 aliphatic carbocycles. The first-order valence-electron chi connectivity index (χ1n) is 6.06. The summed E-state index contributed by atoms with van der Waals surface area (Å²) in [6.45, 7) is -0.483. The van der Waals surface area contributed by atoms with Crippen LogP contribution in [0.4, 0.5) is 8.78 Å². The summed E-state index contributed by atoms with van der Waals surface area (Å²) in [6.07, 6.45) is 1.53. The van der Waals surface area contributed by atoms with Crippen molar-refractivity contribution in [1.29, 1.82) is 0 Å². The van der Waals surface area contributed by atoms with Gasteiger partial charge in [-0.15, -0.1) is 0 Å². The van der Waals surface area contributed by atoms with Gasteiger partial charge in [-0.3, -0.25) is 0 Å². The molecule has 0 aliphatic heterocycles. The van der Waals surface area contributed by atoms with E-state index < -0.39 is 19.1 Å². The lowest BCUT2D eigenvalue weighted by Gasteiger charge is -2.03. The largest absolute Gasteiger partial charge is 0.375 e. The van der Waals surface area contributed by atoms with Gasteiger partial charge in [0.25, 0.3) is 6.43 Å². The Labute approximate surface area is 113 Å². The summed E-state index contributed by atoms with van der Waals surface area (Å²) >= 11 is 0. The Morgan fingerprint density at radius 2 is 2.30 bits per heavy atom. The van der Waals surface area contributed by atoms with Crippen LogP contribution in [-0.2, 0) is 17.6 Å². The van der Waals surface area contributed by atoms with Crippen molar-refractivity contribution in [2.24, 2.45) is 5.73 Å². The Morgan fingerprint density at radius 3 is 3.00 bits per heavy atom. The van der Waals surface area contributed by atoms with Gasteiger partial charge in [0, 0.05) is 24.7 Å². The highest BCUT2D eigenvalue weighted by Crippen LogP contribution is 2.12. The Bertz CT molecular complexity index is 503. The molecule has 0 amide bonds. The second-order valence-electron chi connectivity index (χ2n) is 4.15. The first-order valence-corrected chi connectivity index (χ1v) is 6.06. The second-order valence-corrected chi connectivity index (χ2v) is 4.15. The highest BCUT2D eigenvalue weighted by Gasteiger charge is 2.16. The maximum atomic E-state index is 11.9. The third-order valence-electron chi connectivity index (χ3n) is 2.51. The molecule has 9 heteroatoms. The smallest absolute Gasteiger partial charge is 0.261 e. The summed E-state index contributed by atoms with van der Waals surface area (Å²) in [7, 11) is 0. The number of H-pyrrole nitrogens is 1. The molecule has 1 unspecified atom stereocenters. The van der Waals surface area contributed by atoms with E-state index in [2.05, 4.69) is 20.1 Å². The molecule has 0 saturated carbocycles. The minimum atomic E-state index is -2.47. The highest BCUT2D eigenvalue weighted by molar-refractivity contribution is 5.02. The number of ether oxygens (including phenoxy) is 1. The van der Waals surface area contributed by atoms with E-state index in [1.54, 1.807) is 12.5 Å². The van der Waals surface area contributed by atoms with E-state index in [9.17, 15) is 8.78 Å². The molecule has 20 heavy (non-hydrogen) atoms. The summed E-state index contributed by atoms with van der Waals surface area (Å²) in [4.78, 5) is 10.9. The molecule has 2 aromatic rings. The van der Waals surface area contributed by atoms with Gasteiger partial charge in [0.2, 0.25) is 5.89 Å². The van der Waals surface area contributed by atoms with Crippen LogP contribution in [0.1, 0.15) is 23.5 Å². The minimum Gasteiger partial charge on any atom is -0.375 e. The van der Waals surface area contributed by atoms with Crippen LogP contribution in [0.15, 0.2) is 17.0 Å². The Balaban J connectivity index is 1.79. The third-order valence-corrected chi connectivity index (χ3v) is 2.51. The van der Waals surface area contributed by atoms with Crippen LogP contribution >= 0.6 is 0 Å². The minimum absolute atomic E-state index is 0.110. The summed E-state index contributed by atoms with van der Waals surface area (Å²) < 4.78 is 33.5. The van der Waals surface area contributed by atoms with Gasteiger partial charge in [-0.05, 0) is 0 Å². The third kappa shape index (κ3) is 4.35. The van der Waals surface area contributed by atoms with E-state index in [1.807, 2.05) is 0 Å². The van der Waals surface area contributed by atoms with Gasteiger partial charge in [0.05, 0.1) is 19.0 Å². The molecule has 3 N–H and O–H groups in total. The molecule has 0 saturated heterocycles. The summed E-state index contributed by atoms with van der Waals surface area (Å²) in [6, 6.07) is -0.446. The van der Waals surface area contributed by atoms with Crippen LogP contribution in [0.5, 0.6) is 0 Å². The number of nitrogens with two attached hydrogens (primary N) is 1. The van der Waals surface area contributed by atoms with Crippen LogP contribution in [0.3, 0.4) is 0 Å². The zero-order valence-electron chi connectivity index (χ0n) is 10.6. The van der Waals surface area contributed by atoms with Gasteiger partial charge in [-0.25, -0.2) is 13.8 Å². The summed E-state index contributed by atoms with van der Waals surface area (Å²) in [5.74, 6) is 0.679. The summed E-state index contributed by atoms with van der Waals surface area (Å²) in [5, 5.41) is 3.72. The SMILES string of the molecule is NC(Cc1cnc[nH]1)c1nc(CCOCC(F)F)no1. The number of alkyl halides is 2. The molecule has 2 heterocycles. The van der Waals surface area contributed by atoms with Crippen LogP contribution in [0.25, 0.3) is 0 Å². The zero-order chi connectivity index (χ0) is 14.4. The predicted octanol–water partition coefficient (Wildman–Crippen LogP) is 0.859. The first kappa shape index (κ1) is 14.5. The molecule has 0 aromatic carbocycles. The topological polar surface area (TPSA) is 103 Å². The number of hydrogen-bond donors (Lipinski definition) is 2. The maximum absolute atomic E-state index is 11.9. The van der Waals surface area contributed by atoms with Crippen LogP contribution < -0.4 is 5.73 Å². The zero-order valence-corrected chi connectivity index (χ0v) is 10.6.